The van der Waals surface area contributed by atoms with E-state index >= 15 is 0 Å². The first-order valence-electron chi connectivity index (χ1n) is 7.73. The predicted octanol–water partition coefficient (Wildman–Crippen LogP) is 2.36. The van der Waals surface area contributed by atoms with Crippen molar-refractivity contribution in [2.75, 3.05) is 32.0 Å². The van der Waals surface area contributed by atoms with Gasteiger partial charge in [0.15, 0.2) is 0 Å². The van der Waals surface area contributed by atoms with Gasteiger partial charge < -0.3 is 15.5 Å². The van der Waals surface area contributed by atoms with E-state index in [4.69, 9.17) is 0 Å². The minimum atomic E-state index is -0.0586. The highest BCUT2D eigenvalue weighted by molar-refractivity contribution is 5.93. The Kier molecular flexibility index (Phi) is 7.75. The summed E-state index contributed by atoms with van der Waals surface area (Å²) < 4.78 is 0. The topological polar surface area (TPSA) is 57.3 Å². The van der Waals surface area contributed by atoms with E-state index in [9.17, 15) is 4.79 Å². The smallest absolute Gasteiger partial charge is 0.252 e. The summed E-state index contributed by atoms with van der Waals surface area (Å²) in [6.45, 7) is 8.99. The maximum Gasteiger partial charge on any atom is 0.252 e. The first kappa shape index (κ1) is 17.4. The number of carbonyl (C=O) groups is 1. The minimum Gasteiger partial charge on any atom is -0.370 e. The Morgan fingerprint density at radius 1 is 1.33 bits per heavy atom. The molecule has 1 amide bonds. The Hall–Kier alpha value is -1.62. The summed E-state index contributed by atoms with van der Waals surface area (Å²) in [5.41, 5.74) is 0.606. The van der Waals surface area contributed by atoms with Gasteiger partial charge in [-0.3, -0.25) is 4.79 Å². The van der Waals surface area contributed by atoms with Gasteiger partial charge in [-0.2, -0.15) is 0 Å². The number of nitrogens with one attached hydrogen (secondary N) is 2. The molecular formula is C16H28N4O. The Balaban J connectivity index is 2.31. The molecule has 1 aromatic heterocycles. The second-order valence-electron chi connectivity index (χ2n) is 5.54. The summed E-state index contributed by atoms with van der Waals surface area (Å²) >= 11 is 0. The second kappa shape index (κ2) is 9.34. The van der Waals surface area contributed by atoms with Crippen LogP contribution in [0.1, 0.15) is 44.0 Å². The standard InChI is InChI=1S/C16H28N4O/c1-5-9-17-15-8-7-14(12-19-15)16(21)18-10-6-11-20(4)13(2)3/h7-8,12-13H,5-6,9-11H2,1-4H3,(H,17,19)(H,18,21). The third-order valence-electron chi connectivity index (χ3n) is 3.44. The monoisotopic (exact) mass is 292 g/mol. The highest BCUT2D eigenvalue weighted by Crippen LogP contribution is 2.05. The van der Waals surface area contributed by atoms with Crippen molar-refractivity contribution in [3.8, 4) is 0 Å². The van der Waals surface area contributed by atoms with Crippen molar-refractivity contribution >= 4 is 11.7 Å². The first-order chi connectivity index (χ1) is 10.0. The molecule has 21 heavy (non-hydrogen) atoms. The van der Waals surface area contributed by atoms with Crippen LogP contribution in [0.25, 0.3) is 0 Å². The molecule has 1 heterocycles. The lowest BCUT2D eigenvalue weighted by molar-refractivity contribution is 0.0951. The van der Waals surface area contributed by atoms with Crippen LogP contribution in [0.3, 0.4) is 0 Å². The van der Waals surface area contributed by atoms with Crippen molar-refractivity contribution in [1.82, 2.24) is 15.2 Å². The van der Waals surface area contributed by atoms with Crippen LogP contribution >= 0.6 is 0 Å². The van der Waals surface area contributed by atoms with Crippen LogP contribution in [0.5, 0.6) is 0 Å². The van der Waals surface area contributed by atoms with Gasteiger partial charge in [-0.25, -0.2) is 4.98 Å². The van der Waals surface area contributed by atoms with Crippen LogP contribution in [-0.4, -0.2) is 48.5 Å². The number of aromatic nitrogens is 1. The van der Waals surface area contributed by atoms with Gasteiger partial charge in [0.25, 0.3) is 5.91 Å². The lowest BCUT2D eigenvalue weighted by atomic mass is 10.2. The molecule has 1 rings (SSSR count). The van der Waals surface area contributed by atoms with Gasteiger partial charge in [-0.05, 0) is 52.4 Å². The van der Waals surface area contributed by atoms with E-state index < -0.39 is 0 Å². The lowest BCUT2D eigenvalue weighted by Crippen LogP contribution is -2.31. The molecule has 0 spiro atoms. The van der Waals surface area contributed by atoms with Gasteiger partial charge in [0, 0.05) is 25.3 Å². The van der Waals surface area contributed by atoms with Crippen molar-refractivity contribution in [3.05, 3.63) is 23.9 Å². The van der Waals surface area contributed by atoms with Gasteiger partial charge in [0.05, 0.1) is 5.56 Å². The van der Waals surface area contributed by atoms with Gasteiger partial charge in [0.2, 0.25) is 0 Å². The van der Waals surface area contributed by atoms with Gasteiger partial charge >= 0.3 is 0 Å². The molecule has 5 nitrogen and oxygen atoms in total. The lowest BCUT2D eigenvalue weighted by Gasteiger charge is -2.20. The summed E-state index contributed by atoms with van der Waals surface area (Å²) in [6, 6.07) is 4.19. The Bertz CT molecular complexity index is 417. The Morgan fingerprint density at radius 2 is 2.10 bits per heavy atom. The zero-order chi connectivity index (χ0) is 15.7. The number of anilines is 1. The number of pyridine rings is 1. The summed E-state index contributed by atoms with van der Waals surface area (Å²) in [5, 5.41) is 6.12. The van der Waals surface area contributed by atoms with Crippen molar-refractivity contribution in [2.24, 2.45) is 0 Å². The van der Waals surface area contributed by atoms with Crippen LogP contribution < -0.4 is 10.6 Å². The number of nitrogens with zero attached hydrogens (tertiary/aromatic N) is 2. The molecule has 0 aliphatic rings. The quantitative estimate of drug-likeness (QED) is 0.686. The van der Waals surface area contributed by atoms with E-state index in [0.717, 1.165) is 31.7 Å². The molecule has 5 heteroatoms. The molecule has 0 atom stereocenters. The molecule has 0 radical (unpaired) electrons. The van der Waals surface area contributed by atoms with Gasteiger partial charge in [0.1, 0.15) is 5.82 Å². The third-order valence-corrected chi connectivity index (χ3v) is 3.44. The average Bonchev–Trinajstić information content (AvgIpc) is 2.49. The molecule has 0 aromatic carbocycles. The number of carbonyl (C=O) groups excluding carboxylic acids is 1. The zero-order valence-electron chi connectivity index (χ0n) is 13.6. The molecule has 2 N–H and O–H groups in total. The maximum atomic E-state index is 12.0. The molecule has 0 aliphatic carbocycles. The molecule has 0 unspecified atom stereocenters. The molecule has 1 aromatic rings. The predicted molar refractivity (Wildman–Crippen MR) is 87.7 cm³/mol. The van der Waals surface area contributed by atoms with Crippen molar-refractivity contribution < 1.29 is 4.79 Å². The van der Waals surface area contributed by atoms with E-state index in [1.165, 1.54) is 0 Å². The third kappa shape index (κ3) is 6.58. The summed E-state index contributed by atoms with van der Waals surface area (Å²) in [6.07, 6.45) is 3.62. The van der Waals surface area contributed by atoms with E-state index in [1.807, 2.05) is 6.07 Å². The van der Waals surface area contributed by atoms with E-state index in [1.54, 1.807) is 12.3 Å². The van der Waals surface area contributed by atoms with Crippen LogP contribution in [0.2, 0.25) is 0 Å². The number of hydrogen-bond acceptors (Lipinski definition) is 4. The molecule has 0 aliphatic heterocycles. The normalized spacial score (nSPS) is 11.0. The number of amides is 1. The average molecular weight is 292 g/mol. The fraction of sp³-hybridized carbons (Fsp3) is 0.625. The van der Waals surface area contributed by atoms with Crippen LogP contribution in [0.4, 0.5) is 5.82 Å². The van der Waals surface area contributed by atoms with E-state index in [-0.39, 0.29) is 5.91 Å². The summed E-state index contributed by atoms with van der Waals surface area (Å²) in [7, 11) is 2.10. The van der Waals surface area contributed by atoms with E-state index in [0.29, 0.717) is 18.2 Å². The number of hydrogen-bond donors (Lipinski definition) is 2. The second-order valence-corrected chi connectivity index (χ2v) is 5.54. The van der Waals surface area contributed by atoms with E-state index in [2.05, 4.69) is 48.3 Å². The van der Waals surface area contributed by atoms with Crippen LogP contribution in [0.15, 0.2) is 18.3 Å². The largest absolute Gasteiger partial charge is 0.370 e. The minimum absolute atomic E-state index is 0.0586. The fourth-order valence-corrected chi connectivity index (χ4v) is 1.78. The van der Waals surface area contributed by atoms with Crippen LogP contribution in [0, 0.1) is 0 Å². The molecule has 118 valence electrons. The molecule has 0 saturated heterocycles. The highest BCUT2D eigenvalue weighted by Gasteiger charge is 2.06. The first-order valence-corrected chi connectivity index (χ1v) is 7.73. The van der Waals surface area contributed by atoms with Gasteiger partial charge in [-0.1, -0.05) is 6.92 Å². The van der Waals surface area contributed by atoms with Crippen LogP contribution in [-0.2, 0) is 0 Å². The SMILES string of the molecule is CCCNc1ccc(C(=O)NCCCN(C)C(C)C)cn1. The Labute approximate surface area is 128 Å². The zero-order valence-corrected chi connectivity index (χ0v) is 13.6. The molecule has 0 bridgehead atoms. The fourth-order valence-electron chi connectivity index (χ4n) is 1.78. The summed E-state index contributed by atoms with van der Waals surface area (Å²) in [4.78, 5) is 18.5. The maximum absolute atomic E-state index is 12.0. The Morgan fingerprint density at radius 3 is 2.67 bits per heavy atom. The molecule has 0 saturated carbocycles. The molecule has 0 fully saturated rings. The highest BCUT2D eigenvalue weighted by atomic mass is 16.1. The van der Waals surface area contributed by atoms with Crippen molar-refractivity contribution in [1.29, 1.82) is 0 Å². The van der Waals surface area contributed by atoms with Gasteiger partial charge in [-0.15, -0.1) is 0 Å². The summed E-state index contributed by atoms with van der Waals surface area (Å²) in [5.74, 6) is 0.753. The number of rotatable bonds is 9. The van der Waals surface area contributed by atoms with Crippen molar-refractivity contribution in [2.45, 2.75) is 39.7 Å². The van der Waals surface area contributed by atoms with Crippen molar-refractivity contribution in [3.63, 3.8) is 0 Å². The molecular weight excluding hydrogens is 264 g/mol.